The normalized spacial score (nSPS) is 19.7. The number of nitrogens with two attached hydrogens (primary N) is 1. The van der Waals surface area contributed by atoms with Gasteiger partial charge in [0, 0.05) is 12.8 Å². The molecule has 0 aromatic rings. The molecule has 0 radical (unpaired) electrons. The van der Waals surface area contributed by atoms with E-state index >= 15 is 0 Å². The first-order valence-corrected chi connectivity index (χ1v) is 5.80. The van der Waals surface area contributed by atoms with Gasteiger partial charge in [-0.2, -0.15) is 5.26 Å². The van der Waals surface area contributed by atoms with Gasteiger partial charge in [-0.3, -0.25) is 14.4 Å². The smallest absolute Gasteiger partial charge is 0.243 e. The minimum absolute atomic E-state index is 0.171. The first-order valence-electron chi connectivity index (χ1n) is 5.80. The van der Waals surface area contributed by atoms with Crippen molar-refractivity contribution in [1.29, 1.82) is 5.26 Å². The highest BCUT2D eigenvalue weighted by atomic mass is 16.2. The van der Waals surface area contributed by atoms with Gasteiger partial charge in [-0.05, 0) is 19.3 Å². The van der Waals surface area contributed by atoms with E-state index in [-0.39, 0.29) is 5.91 Å². The predicted octanol–water partition coefficient (Wildman–Crippen LogP) is -1.07. The summed E-state index contributed by atoms with van der Waals surface area (Å²) in [5.41, 5.74) is 5.17. The van der Waals surface area contributed by atoms with E-state index in [2.05, 4.69) is 10.6 Å². The van der Waals surface area contributed by atoms with Gasteiger partial charge in [-0.25, -0.2) is 0 Å². The molecule has 1 aliphatic heterocycles. The van der Waals surface area contributed by atoms with Crippen molar-refractivity contribution < 1.29 is 14.4 Å². The molecule has 1 aliphatic rings. The lowest BCUT2D eigenvalue weighted by Crippen LogP contribution is -2.50. The third-order valence-corrected chi connectivity index (χ3v) is 2.75. The van der Waals surface area contributed by atoms with Crippen LogP contribution < -0.4 is 16.4 Å². The molecule has 0 aromatic heterocycles. The van der Waals surface area contributed by atoms with Crippen molar-refractivity contribution in [2.24, 2.45) is 5.73 Å². The molecule has 4 N–H and O–H groups in total. The van der Waals surface area contributed by atoms with Gasteiger partial charge >= 0.3 is 0 Å². The molecule has 1 saturated heterocycles. The van der Waals surface area contributed by atoms with E-state index in [0.29, 0.717) is 32.1 Å². The first kappa shape index (κ1) is 14.0. The second-order valence-corrected chi connectivity index (χ2v) is 4.17. The highest BCUT2D eigenvalue weighted by molar-refractivity contribution is 5.93. The molecule has 1 rings (SSSR count). The summed E-state index contributed by atoms with van der Waals surface area (Å²) in [7, 11) is 0. The number of unbranched alkanes of at least 4 members (excludes halogenated alkanes) is 1. The Morgan fingerprint density at radius 1 is 1.61 bits per heavy atom. The molecule has 1 fully saturated rings. The zero-order valence-corrected chi connectivity index (χ0v) is 9.94. The van der Waals surface area contributed by atoms with Gasteiger partial charge in [0.25, 0.3) is 0 Å². The van der Waals surface area contributed by atoms with Gasteiger partial charge in [-0.1, -0.05) is 0 Å². The van der Waals surface area contributed by atoms with Crippen LogP contribution in [0.5, 0.6) is 0 Å². The fourth-order valence-electron chi connectivity index (χ4n) is 1.75. The van der Waals surface area contributed by atoms with Crippen LogP contribution in [0.2, 0.25) is 0 Å². The summed E-state index contributed by atoms with van der Waals surface area (Å²) in [5, 5.41) is 13.4. The van der Waals surface area contributed by atoms with E-state index in [1.165, 1.54) is 0 Å². The molecular weight excluding hydrogens is 236 g/mol. The molecule has 98 valence electrons. The van der Waals surface area contributed by atoms with Crippen LogP contribution in [0.3, 0.4) is 0 Å². The Balaban J connectivity index is 2.45. The molecule has 18 heavy (non-hydrogen) atoms. The molecule has 7 heteroatoms. The van der Waals surface area contributed by atoms with Crippen LogP contribution >= 0.6 is 0 Å². The fraction of sp³-hybridized carbons (Fsp3) is 0.636. The lowest BCUT2D eigenvalue weighted by Gasteiger charge is -2.17. The van der Waals surface area contributed by atoms with Crippen molar-refractivity contribution in [3.05, 3.63) is 0 Å². The molecule has 0 aromatic carbocycles. The monoisotopic (exact) mass is 252 g/mol. The van der Waals surface area contributed by atoms with Gasteiger partial charge in [0.05, 0.1) is 6.07 Å². The van der Waals surface area contributed by atoms with E-state index in [1.807, 2.05) is 6.07 Å². The van der Waals surface area contributed by atoms with Crippen LogP contribution in [-0.2, 0) is 14.4 Å². The summed E-state index contributed by atoms with van der Waals surface area (Å²) in [5.74, 6) is -1.21. The van der Waals surface area contributed by atoms with Gasteiger partial charge in [0.2, 0.25) is 17.7 Å². The number of carbonyl (C=O) groups excluding carboxylic acids is 3. The van der Waals surface area contributed by atoms with Crippen LogP contribution in [0.15, 0.2) is 0 Å². The molecular formula is C11H16N4O3. The number of amides is 3. The van der Waals surface area contributed by atoms with E-state index in [9.17, 15) is 14.4 Å². The SMILES string of the molecule is N#CCCC[C@H](NC(=O)[C@@H]1CCC(=O)N1)C(N)=O. The van der Waals surface area contributed by atoms with Crippen molar-refractivity contribution in [3.8, 4) is 6.07 Å². The zero-order valence-electron chi connectivity index (χ0n) is 9.94. The van der Waals surface area contributed by atoms with Crippen LogP contribution in [0, 0.1) is 11.3 Å². The number of nitriles is 1. The van der Waals surface area contributed by atoms with E-state index in [1.54, 1.807) is 0 Å². The second-order valence-electron chi connectivity index (χ2n) is 4.17. The van der Waals surface area contributed by atoms with Crippen molar-refractivity contribution >= 4 is 17.7 Å². The Kier molecular flexibility index (Phi) is 5.11. The average Bonchev–Trinajstić information content (AvgIpc) is 2.74. The predicted molar refractivity (Wildman–Crippen MR) is 61.8 cm³/mol. The summed E-state index contributed by atoms with van der Waals surface area (Å²) >= 11 is 0. The number of carbonyl (C=O) groups is 3. The standard InChI is InChI=1S/C11H16N4O3/c12-6-2-1-3-7(10(13)17)15-11(18)8-4-5-9(16)14-8/h7-8H,1-5H2,(H2,13,17)(H,14,16)(H,15,18)/t7-,8-/m0/s1. The van der Waals surface area contributed by atoms with Gasteiger partial charge < -0.3 is 16.4 Å². The molecule has 0 saturated carbocycles. The van der Waals surface area contributed by atoms with Gasteiger partial charge in [-0.15, -0.1) is 0 Å². The molecule has 7 nitrogen and oxygen atoms in total. The maximum absolute atomic E-state index is 11.7. The summed E-state index contributed by atoms with van der Waals surface area (Å²) in [6, 6.07) is 0.578. The maximum Gasteiger partial charge on any atom is 0.243 e. The minimum atomic E-state index is -0.789. The van der Waals surface area contributed by atoms with Gasteiger partial charge in [0.1, 0.15) is 12.1 Å². The number of hydrogen-bond acceptors (Lipinski definition) is 4. The number of nitrogens with zero attached hydrogens (tertiary/aromatic N) is 1. The average molecular weight is 252 g/mol. The van der Waals surface area contributed by atoms with Crippen LogP contribution in [0.4, 0.5) is 0 Å². The number of rotatable bonds is 6. The first-order chi connectivity index (χ1) is 8.54. The number of hydrogen-bond donors (Lipinski definition) is 3. The number of nitrogens with one attached hydrogen (secondary N) is 2. The fourth-order valence-corrected chi connectivity index (χ4v) is 1.75. The Labute approximate surface area is 105 Å². The zero-order chi connectivity index (χ0) is 13.5. The summed E-state index contributed by atoms with van der Waals surface area (Å²) in [6.07, 6.45) is 1.86. The molecule has 0 unspecified atom stereocenters. The van der Waals surface area contributed by atoms with Crippen molar-refractivity contribution in [2.45, 2.75) is 44.2 Å². The Bertz CT molecular complexity index is 388. The third-order valence-electron chi connectivity index (χ3n) is 2.75. The highest BCUT2D eigenvalue weighted by Crippen LogP contribution is 2.08. The lowest BCUT2D eigenvalue weighted by atomic mass is 10.1. The summed E-state index contributed by atoms with van der Waals surface area (Å²) in [6.45, 7) is 0. The lowest BCUT2D eigenvalue weighted by molar-refractivity contribution is -0.129. The second kappa shape index (κ2) is 6.59. The van der Waals surface area contributed by atoms with Crippen LogP contribution in [0.25, 0.3) is 0 Å². The largest absolute Gasteiger partial charge is 0.368 e. The molecule has 3 amide bonds. The molecule has 0 aliphatic carbocycles. The Hall–Kier alpha value is -2.10. The minimum Gasteiger partial charge on any atom is -0.368 e. The van der Waals surface area contributed by atoms with Crippen LogP contribution in [0.1, 0.15) is 32.1 Å². The Morgan fingerprint density at radius 3 is 2.83 bits per heavy atom. The Morgan fingerprint density at radius 2 is 2.33 bits per heavy atom. The van der Waals surface area contributed by atoms with Gasteiger partial charge in [0.15, 0.2) is 0 Å². The molecule has 1 heterocycles. The topological polar surface area (TPSA) is 125 Å². The van der Waals surface area contributed by atoms with Crippen molar-refractivity contribution in [1.82, 2.24) is 10.6 Å². The van der Waals surface area contributed by atoms with Crippen molar-refractivity contribution in [3.63, 3.8) is 0 Å². The van der Waals surface area contributed by atoms with Crippen LogP contribution in [-0.4, -0.2) is 29.8 Å². The number of primary amides is 1. The molecule has 2 atom stereocenters. The van der Waals surface area contributed by atoms with E-state index in [4.69, 9.17) is 11.0 Å². The van der Waals surface area contributed by atoms with Crippen molar-refractivity contribution in [2.75, 3.05) is 0 Å². The summed E-state index contributed by atoms with van der Waals surface area (Å²) < 4.78 is 0. The summed E-state index contributed by atoms with van der Waals surface area (Å²) in [4.78, 5) is 33.9. The molecule has 0 spiro atoms. The molecule has 0 bridgehead atoms. The maximum atomic E-state index is 11.7. The highest BCUT2D eigenvalue weighted by Gasteiger charge is 2.29. The quantitative estimate of drug-likeness (QED) is 0.520. The third kappa shape index (κ3) is 4.05. The van der Waals surface area contributed by atoms with E-state index in [0.717, 1.165) is 0 Å². The van der Waals surface area contributed by atoms with E-state index < -0.39 is 23.9 Å².